The molecule has 2 fully saturated rings. The molecule has 0 radical (unpaired) electrons. The maximum absolute atomic E-state index is 7.05. The summed E-state index contributed by atoms with van der Waals surface area (Å²) in [6, 6.07) is 58.0. The summed E-state index contributed by atoms with van der Waals surface area (Å²) < 4.78 is 14.1. The van der Waals surface area contributed by atoms with Crippen LogP contribution in [0.5, 0.6) is 23.0 Å². The Bertz CT molecular complexity index is 2400. The first-order chi connectivity index (χ1) is 28.7. The van der Waals surface area contributed by atoms with Crippen LogP contribution in [0.15, 0.2) is 158 Å². The van der Waals surface area contributed by atoms with E-state index in [1.54, 1.807) is 0 Å². The molecule has 7 aromatic rings. The third-order valence-corrected chi connectivity index (χ3v) is 13.4. The molecule has 4 heteroatoms. The van der Waals surface area contributed by atoms with E-state index in [1.807, 2.05) is 0 Å². The third-order valence-electron chi connectivity index (χ3n) is 13.4. The summed E-state index contributed by atoms with van der Waals surface area (Å²) >= 11 is 0. The maximum atomic E-state index is 7.05. The van der Waals surface area contributed by atoms with E-state index in [0.29, 0.717) is 11.8 Å². The maximum Gasteiger partial charge on any atom is 0.260 e. The standard InChI is InChI=1S/C54H48BNO2/c1-5-13-37(14-6-1)41-21-27-45(28-22-41)56(46-29-23-42(24-30-46)38-15-7-2-8-16-38)47-35-52-54-53(36-47)58-51-34-44(40-19-11-4-12-20-40)26-32-49(51)55(54)48-31-25-43(33-50(48)57-52)39-17-9-3-10-18-39/h3-4,9-12,17-38H,1-2,5-8,13-16H2. The average molecular weight is 754 g/mol. The monoisotopic (exact) mass is 753 g/mol. The van der Waals surface area contributed by atoms with E-state index in [0.717, 1.165) is 67.6 Å². The van der Waals surface area contributed by atoms with E-state index >= 15 is 0 Å². The van der Waals surface area contributed by atoms with Crippen LogP contribution in [-0.4, -0.2) is 6.71 Å². The lowest BCUT2D eigenvalue weighted by atomic mass is 9.34. The highest BCUT2D eigenvalue weighted by molar-refractivity contribution is 6.98. The van der Waals surface area contributed by atoms with Gasteiger partial charge in [0.1, 0.15) is 23.0 Å². The second-order valence-electron chi connectivity index (χ2n) is 16.9. The fraction of sp³-hybridized carbons (Fsp3) is 0.222. The van der Waals surface area contributed by atoms with Gasteiger partial charge in [0.15, 0.2) is 0 Å². The zero-order valence-corrected chi connectivity index (χ0v) is 33.1. The molecule has 2 aliphatic heterocycles. The summed E-state index contributed by atoms with van der Waals surface area (Å²) in [5.41, 5.74) is 14.3. The molecule has 7 aromatic carbocycles. The summed E-state index contributed by atoms with van der Waals surface area (Å²) in [6.45, 7) is -0.0285. The Balaban J connectivity index is 1.06. The largest absolute Gasteiger partial charge is 0.458 e. The van der Waals surface area contributed by atoms with Gasteiger partial charge in [-0.2, -0.15) is 0 Å². The van der Waals surface area contributed by atoms with E-state index in [4.69, 9.17) is 9.47 Å². The Morgan fingerprint density at radius 3 is 1.24 bits per heavy atom. The molecule has 2 heterocycles. The smallest absolute Gasteiger partial charge is 0.260 e. The first-order valence-electron chi connectivity index (χ1n) is 21.7. The van der Waals surface area contributed by atoms with Gasteiger partial charge in [0.25, 0.3) is 6.71 Å². The van der Waals surface area contributed by atoms with Gasteiger partial charge in [0.05, 0.1) is 5.69 Å². The Morgan fingerprint density at radius 2 is 0.810 bits per heavy atom. The zero-order chi connectivity index (χ0) is 38.4. The van der Waals surface area contributed by atoms with E-state index in [9.17, 15) is 0 Å². The molecule has 0 aromatic heterocycles. The van der Waals surface area contributed by atoms with Gasteiger partial charge in [-0.15, -0.1) is 0 Å². The predicted octanol–water partition coefficient (Wildman–Crippen LogP) is 13.3. The molecular weight excluding hydrogens is 705 g/mol. The van der Waals surface area contributed by atoms with Crippen LogP contribution in [0.3, 0.4) is 0 Å². The lowest BCUT2D eigenvalue weighted by Gasteiger charge is -2.35. The number of nitrogens with zero attached hydrogens (tertiary/aromatic N) is 1. The van der Waals surface area contributed by atoms with E-state index in [1.165, 1.54) is 86.5 Å². The minimum absolute atomic E-state index is 0.0285. The van der Waals surface area contributed by atoms with Gasteiger partial charge in [-0.05, 0) is 118 Å². The van der Waals surface area contributed by atoms with Crippen molar-refractivity contribution in [1.29, 1.82) is 0 Å². The van der Waals surface area contributed by atoms with Crippen molar-refractivity contribution in [3.63, 3.8) is 0 Å². The number of anilines is 3. The van der Waals surface area contributed by atoms with Crippen LogP contribution in [0.4, 0.5) is 17.1 Å². The van der Waals surface area contributed by atoms with Crippen molar-refractivity contribution in [1.82, 2.24) is 0 Å². The van der Waals surface area contributed by atoms with Gasteiger partial charge in [-0.3, -0.25) is 0 Å². The molecule has 2 saturated carbocycles. The summed E-state index contributed by atoms with van der Waals surface area (Å²) in [4.78, 5) is 2.40. The van der Waals surface area contributed by atoms with Crippen LogP contribution in [0.2, 0.25) is 0 Å². The zero-order valence-electron chi connectivity index (χ0n) is 33.1. The molecule has 284 valence electrons. The number of hydrogen-bond acceptors (Lipinski definition) is 3. The predicted molar refractivity (Wildman–Crippen MR) is 241 cm³/mol. The van der Waals surface area contributed by atoms with Crippen molar-refractivity contribution in [2.75, 3.05) is 4.90 Å². The molecule has 3 nitrogen and oxygen atoms in total. The van der Waals surface area contributed by atoms with Crippen LogP contribution in [0.1, 0.15) is 87.2 Å². The molecule has 0 amide bonds. The summed E-state index contributed by atoms with van der Waals surface area (Å²) in [5.74, 6) is 4.77. The number of hydrogen-bond donors (Lipinski definition) is 0. The Kier molecular flexibility index (Phi) is 9.14. The van der Waals surface area contributed by atoms with Gasteiger partial charge in [0.2, 0.25) is 0 Å². The van der Waals surface area contributed by atoms with Crippen LogP contribution < -0.4 is 30.8 Å². The second kappa shape index (κ2) is 15.1. The van der Waals surface area contributed by atoms with Crippen molar-refractivity contribution >= 4 is 40.2 Å². The minimum atomic E-state index is -0.0285. The first-order valence-corrected chi connectivity index (χ1v) is 21.7. The summed E-state index contributed by atoms with van der Waals surface area (Å²) in [7, 11) is 0. The molecule has 0 spiro atoms. The van der Waals surface area contributed by atoms with Crippen molar-refractivity contribution in [2.24, 2.45) is 0 Å². The average Bonchev–Trinajstić information content (AvgIpc) is 3.30. The quantitative estimate of drug-likeness (QED) is 0.151. The minimum Gasteiger partial charge on any atom is -0.458 e. The fourth-order valence-corrected chi connectivity index (χ4v) is 10.3. The van der Waals surface area contributed by atoms with E-state index in [2.05, 4.69) is 163 Å². The highest BCUT2D eigenvalue weighted by Gasteiger charge is 2.41. The second-order valence-corrected chi connectivity index (χ2v) is 16.9. The molecule has 0 unspecified atom stereocenters. The van der Waals surface area contributed by atoms with Crippen LogP contribution in [0.25, 0.3) is 22.3 Å². The van der Waals surface area contributed by atoms with Crippen LogP contribution in [-0.2, 0) is 0 Å². The van der Waals surface area contributed by atoms with Crippen LogP contribution >= 0.6 is 0 Å². The molecule has 0 N–H and O–H groups in total. The van der Waals surface area contributed by atoms with Gasteiger partial charge in [-0.1, -0.05) is 148 Å². The molecule has 58 heavy (non-hydrogen) atoms. The van der Waals surface area contributed by atoms with Gasteiger partial charge in [0, 0.05) is 29.0 Å². The lowest BCUT2D eigenvalue weighted by Crippen LogP contribution is -2.57. The van der Waals surface area contributed by atoms with Gasteiger partial charge in [-0.25, -0.2) is 0 Å². The normalized spacial score (nSPS) is 16.0. The van der Waals surface area contributed by atoms with Gasteiger partial charge >= 0.3 is 0 Å². The first kappa shape index (κ1) is 35.2. The van der Waals surface area contributed by atoms with Crippen LogP contribution in [0, 0.1) is 0 Å². The lowest BCUT2D eigenvalue weighted by molar-refractivity contribution is 0.443. The molecule has 0 saturated heterocycles. The van der Waals surface area contributed by atoms with Gasteiger partial charge < -0.3 is 14.4 Å². The molecule has 11 rings (SSSR count). The number of ether oxygens (including phenoxy) is 2. The molecule has 4 aliphatic rings. The van der Waals surface area contributed by atoms with E-state index < -0.39 is 0 Å². The highest BCUT2D eigenvalue weighted by Crippen LogP contribution is 2.45. The fourth-order valence-electron chi connectivity index (χ4n) is 10.3. The third kappa shape index (κ3) is 6.49. The Hall–Kier alpha value is -6.00. The molecule has 0 bridgehead atoms. The van der Waals surface area contributed by atoms with Crippen molar-refractivity contribution in [3.8, 4) is 45.3 Å². The summed E-state index contributed by atoms with van der Waals surface area (Å²) in [5, 5.41) is 0. The number of benzene rings is 7. The van der Waals surface area contributed by atoms with Crippen molar-refractivity contribution < 1.29 is 9.47 Å². The Morgan fingerprint density at radius 1 is 0.379 bits per heavy atom. The molecule has 0 atom stereocenters. The SMILES string of the molecule is c1ccc(-c2ccc3c(c2)Oc2cc(N(c4ccc(C5CCCCC5)cc4)c4ccc(C5CCCCC5)cc4)cc4c2B3c2ccc(-c3ccccc3)cc2O4)cc1. The topological polar surface area (TPSA) is 21.7 Å². The highest BCUT2D eigenvalue weighted by atomic mass is 16.5. The number of rotatable bonds is 7. The number of fused-ring (bicyclic) bond motifs is 4. The van der Waals surface area contributed by atoms with E-state index in [-0.39, 0.29) is 6.71 Å². The molecule has 2 aliphatic carbocycles. The summed E-state index contributed by atoms with van der Waals surface area (Å²) in [6.07, 6.45) is 13.2. The van der Waals surface area contributed by atoms with Crippen molar-refractivity contribution in [2.45, 2.75) is 76.0 Å². The molecular formula is C54H48BNO2. The Labute approximate surface area is 343 Å². The van der Waals surface area contributed by atoms with Crippen molar-refractivity contribution in [3.05, 3.63) is 169 Å².